The maximum atomic E-state index is 11.0. The second-order valence-electron chi connectivity index (χ2n) is 2.57. The standard InChI is InChI=1S/C6H11NO3/c1-4-2-5(9)7(3-8)6(4)10/h4-5,8-9H,2-3H2,1H3. The van der Waals surface area contributed by atoms with Gasteiger partial charge in [-0.2, -0.15) is 0 Å². The van der Waals surface area contributed by atoms with Gasteiger partial charge in [-0.05, 0) is 0 Å². The number of aliphatic hydroxyl groups is 2. The van der Waals surface area contributed by atoms with E-state index in [1.165, 1.54) is 0 Å². The molecule has 0 radical (unpaired) electrons. The fourth-order valence-corrected chi connectivity index (χ4v) is 1.14. The van der Waals surface area contributed by atoms with E-state index in [0.717, 1.165) is 4.90 Å². The lowest BCUT2D eigenvalue weighted by Gasteiger charge is -2.16. The van der Waals surface area contributed by atoms with Gasteiger partial charge in [-0.1, -0.05) is 6.92 Å². The second kappa shape index (κ2) is 2.56. The molecule has 0 aromatic rings. The highest BCUT2D eigenvalue weighted by Gasteiger charge is 2.34. The molecule has 1 saturated heterocycles. The quantitative estimate of drug-likeness (QED) is 0.504. The predicted molar refractivity (Wildman–Crippen MR) is 33.7 cm³/mol. The summed E-state index contributed by atoms with van der Waals surface area (Å²) in [4.78, 5) is 12.0. The molecule has 1 heterocycles. The molecule has 1 rings (SSSR count). The maximum Gasteiger partial charge on any atom is 0.229 e. The van der Waals surface area contributed by atoms with Crippen LogP contribution in [0.1, 0.15) is 13.3 Å². The normalized spacial score (nSPS) is 33.5. The third kappa shape index (κ3) is 0.998. The summed E-state index contributed by atoms with van der Waals surface area (Å²) in [7, 11) is 0. The average molecular weight is 145 g/mol. The lowest BCUT2D eigenvalue weighted by Crippen LogP contribution is -2.34. The van der Waals surface area contributed by atoms with E-state index in [1.54, 1.807) is 6.92 Å². The Morgan fingerprint density at radius 1 is 1.80 bits per heavy atom. The molecule has 2 atom stereocenters. The van der Waals surface area contributed by atoms with E-state index in [-0.39, 0.29) is 18.6 Å². The van der Waals surface area contributed by atoms with Gasteiger partial charge in [0.25, 0.3) is 0 Å². The van der Waals surface area contributed by atoms with Crippen LogP contribution in [0, 0.1) is 5.92 Å². The highest BCUT2D eigenvalue weighted by molar-refractivity contribution is 5.80. The zero-order valence-corrected chi connectivity index (χ0v) is 5.82. The van der Waals surface area contributed by atoms with Crippen molar-refractivity contribution in [3.63, 3.8) is 0 Å². The molecule has 2 unspecified atom stereocenters. The van der Waals surface area contributed by atoms with Crippen molar-refractivity contribution in [3.8, 4) is 0 Å². The van der Waals surface area contributed by atoms with Crippen LogP contribution in [0.3, 0.4) is 0 Å². The average Bonchev–Trinajstić information content (AvgIpc) is 2.09. The largest absolute Gasteiger partial charge is 0.376 e. The molecule has 10 heavy (non-hydrogen) atoms. The van der Waals surface area contributed by atoms with Crippen molar-refractivity contribution < 1.29 is 15.0 Å². The van der Waals surface area contributed by atoms with Crippen molar-refractivity contribution in [3.05, 3.63) is 0 Å². The van der Waals surface area contributed by atoms with Crippen LogP contribution in [0.2, 0.25) is 0 Å². The Hall–Kier alpha value is -0.610. The second-order valence-corrected chi connectivity index (χ2v) is 2.57. The van der Waals surface area contributed by atoms with E-state index in [1.807, 2.05) is 0 Å². The number of rotatable bonds is 1. The summed E-state index contributed by atoms with van der Waals surface area (Å²) in [5.41, 5.74) is 0. The summed E-state index contributed by atoms with van der Waals surface area (Å²) >= 11 is 0. The lowest BCUT2D eigenvalue weighted by atomic mass is 10.1. The molecule has 1 amide bonds. The lowest BCUT2D eigenvalue weighted by molar-refractivity contribution is -0.140. The Morgan fingerprint density at radius 2 is 2.40 bits per heavy atom. The molecule has 0 bridgehead atoms. The minimum absolute atomic E-state index is 0.151. The molecule has 4 nitrogen and oxygen atoms in total. The monoisotopic (exact) mass is 145 g/mol. The zero-order valence-electron chi connectivity index (χ0n) is 5.82. The fraction of sp³-hybridized carbons (Fsp3) is 0.833. The number of likely N-dealkylation sites (tertiary alicyclic amines) is 1. The molecule has 58 valence electrons. The van der Waals surface area contributed by atoms with Crippen molar-refractivity contribution in [2.24, 2.45) is 5.92 Å². The third-order valence-corrected chi connectivity index (χ3v) is 1.78. The summed E-state index contributed by atoms with van der Waals surface area (Å²) in [5, 5.41) is 17.6. The van der Waals surface area contributed by atoms with Crippen LogP contribution in [-0.2, 0) is 4.79 Å². The number of aliphatic hydroxyl groups excluding tert-OH is 2. The van der Waals surface area contributed by atoms with Crippen molar-refractivity contribution >= 4 is 5.91 Å². The maximum absolute atomic E-state index is 11.0. The molecule has 1 aliphatic rings. The number of amides is 1. The Labute approximate surface area is 59.1 Å². The molecule has 1 fully saturated rings. The van der Waals surface area contributed by atoms with E-state index < -0.39 is 6.23 Å². The SMILES string of the molecule is CC1CC(O)N(CO)C1=O. The van der Waals surface area contributed by atoms with Crippen molar-refractivity contribution in [1.82, 2.24) is 4.90 Å². The summed E-state index contributed by atoms with van der Waals surface area (Å²) < 4.78 is 0. The number of hydrogen-bond donors (Lipinski definition) is 2. The summed E-state index contributed by atoms with van der Waals surface area (Å²) in [6.07, 6.45) is -0.355. The predicted octanol–water partition coefficient (Wildman–Crippen LogP) is -0.877. The van der Waals surface area contributed by atoms with Crippen molar-refractivity contribution in [2.45, 2.75) is 19.6 Å². The molecule has 4 heteroatoms. The van der Waals surface area contributed by atoms with Crippen LogP contribution in [-0.4, -0.2) is 34.0 Å². The van der Waals surface area contributed by atoms with E-state index in [9.17, 15) is 4.79 Å². The van der Waals surface area contributed by atoms with Gasteiger partial charge >= 0.3 is 0 Å². The van der Waals surface area contributed by atoms with Crippen LogP contribution >= 0.6 is 0 Å². The Kier molecular flexibility index (Phi) is 1.92. The summed E-state index contributed by atoms with van der Waals surface area (Å²) in [5.74, 6) is -0.322. The molecule has 1 aliphatic heterocycles. The number of hydrogen-bond acceptors (Lipinski definition) is 3. The van der Waals surface area contributed by atoms with Crippen LogP contribution in [0.5, 0.6) is 0 Å². The fourth-order valence-electron chi connectivity index (χ4n) is 1.14. The molecule has 0 spiro atoms. The van der Waals surface area contributed by atoms with Crippen molar-refractivity contribution in [1.29, 1.82) is 0 Å². The van der Waals surface area contributed by atoms with E-state index >= 15 is 0 Å². The third-order valence-electron chi connectivity index (χ3n) is 1.78. The molecular formula is C6H11NO3. The van der Waals surface area contributed by atoms with Gasteiger partial charge in [-0.3, -0.25) is 9.69 Å². The van der Waals surface area contributed by atoms with Crippen LogP contribution in [0.25, 0.3) is 0 Å². The molecule has 2 N–H and O–H groups in total. The first-order valence-electron chi connectivity index (χ1n) is 3.26. The van der Waals surface area contributed by atoms with Crippen LogP contribution in [0.15, 0.2) is 0 Å². The van der Waals surface area contributed by atoms with Gasteiger partial charge in [-0.25, -0.2) is 0 Å². The number of carbonyl (C=O) groups excluding carboxylic acids is 1. The first-order chi connectivity index (χ1) is 4.66. The zero-order chi connectivity index (χ0) is 7.72. The van der Waals surface area contributed by atoms with Gasteiger partial charge in [0.15, 0.2) is 0 Å². The minimum atomic E-state index is -0.785. The van der Waals surface area contributed by atoms with Gasteiger partial charge in [-0.15, -0.1) is 0 Å². The molecule has 0 aliphatic carbocycles. The summed E-state index contributed by atoms with van der Waals surface area (Å²) in [6.45, 7) is 1.35. The van der Waals surface area contributed by atoms with Crippen LogP contribution < -0.4 is 0 Å². The highest BCUT2D eigenvalue weighted by atomic mass is 16.3. The van der Waals surface area contributed by atoms with Gasteiger partial charge in [0.1, 0.15) is 13.0 Å². The smallest absolute Gasteiger partial charge is 0.229 e. The van der Waals surface area contributed by atoms with Gasteiger partial charge in [0.05, 0.1) is 0 Å². The first kappa shape index (κ1) is 7.50. The Morgan fingerprint density at radius 3 is 2.60 bits per heavy atom. The molecule has 0 aromatic carbocycles. The minimum Gasteiger partial charge on any atom is -0.376 e. The Bertz CT molecular complexity index is 148. The summed E-state index contributed by atoms with van der Waals surface area (Å²) in [6, 6.07) is 0. The Balaban J connectivity index is 2.64. The van der Waals surface area contributed by atoms with Gasteiger partial charge in [0, 0.05) is 12.3 Å². The highest BCUT2D eigenvalue weighted by Crippen LogP contribution is 2.21. The number of nitrogens with zero attached hydrogens (tertiary/aromatic N) is 1. The van der Waals surface area contributed by atoms with Gasteiger partial charge in [0.2, 0.25) is 5.91 Å². The molecule has 0 aromatic heterocycles. The molecular weight excluding hydrogens is 134 g/mol. The van der Waals surface area contributed by atoms with Gasteiger partial charge < -0.3 is 10.2 Å². The number of carbonyl (C=O) groups is 1. The molecule has 0 saturated carbocycles. The topological polar surface area (TPSA) is 60.8 Å². The first-order valence-corrected chi connectivity index (χ1v) is 3.26. The van der Waals surface area contributed by atoms with E-state index in [4.69, 9.17) is 10.2 Å². The van der Waals surface area contributed by atoms with E-state index in [0.29, 0.717) is 6.42 Å². The van der Waals surface area contributed by atoms with Crippen LogP contribution in [0.4, 0.5) is 0 Å². The van der Waals surface area contributed by atoms with E-state index in [2.05, 4.69) is 0 Å². The van der Waals surface area contributed by atoms with Crippen molar-refractivity contribution in [2.75, 3.05) is 6.73 Å².